The Kier molecular flexibility index (Phi) is 5.05. The highest BCUT2D eigenvalue weighted by Crippen LogP contribution is 2.44. The molecule has 3 rings (SSSR count). The number of hydrogen-bond donors (Lipinski definition) is 1. The van der Waals surface area contributed by atoms with Gasteiger partial charge in [0.05, 0.1) is 6.61 Å². The minimum absolute atomic E-state index is 0.132. The molecule has 0 bridgehead atoms. The molecule has 0 amide bonds. The van der Waals surface area contributed by atoms with Crippen LogP contribution in [-0.4, -0.2) is 18.6 Å². The molecule has 1 heterocycles. The first-order valence-electron chi connectivity index (χ1n) is 7.91. The van der Waals surface area contributed by atoms with Crippen molar-refractivity contribution in [1.82, 2.24) is 0 Å². The first kappa shape index (κ1) is 15.6. The quantitative estimate of drug-likeness (QED) is 0.659. The van der Waals surface area contributed by atoms with Gasteiger partial charge in [0.15, 0.2) is 0 Å². The second kappa shape index (κ2) is 6.79. The van der Waals surface area contributed by atoms with Crippen LogP contribution in [0.15, 0.2) is 30.4 Å². The van der Waals surface area contributed by atoms with E-state index in [4.69, 9.17) is 4.74 Å². The van der Waals surface area contributed by atoms with Crippen LogP contribution in [0.3, 0.4) is 0 Å². The van der Waals surface area contributed by atoms with E-state index >= 15 is 0 Å². The third-order valence-electron chi connectivity index (χ3n) is 4.06. The summed E-state index contributed by atoms with van der Waals surface area (Å²) in [4.78, 5) is 12.1. The molecular formula is C18H25NO2. The van der Waals surface area contributed by atoms with Gasteiger partial charge in [-0.05, 0) is 31.9 Å². The molecule has 1 aliphatic carbocycles. The predicted octanol–water partition coefficient (Wildman–Crippen LogP) is 4.04. The van der Waals surface area contributed by atoms with Gasteiger partial charge in [-0.25, -0.2) is 4.79 Å². The van der Waals surface area contributed by atoms with E-state index < -0.39 is 0 Å². The van der Waals surface area contributed by atoms with Crippen molar-refractivity contribution in [3.05, 3.63) is 41.5 Å². The average Bonchev–Trinajstić information content (AvgIpc) is 2.98. The molecule has 0 fully saturated rings. The fourth-order valence-electron chi connectivity index (χ4n) is 3.18. The van der Waals surface area contributed by atoms with Gasteiger partial charge < -0.3 is 10.1 Å². The van der Waals surface area contributed by atoms with Crippen molar-refractivity contribution < 1.29 is 9.53 Å². The Labute approximate surface area is 127 Å². The van der Waals surface area contributed by atoms with Gasteiger partial charge in [-0.1, -0.05) is 43.7 Å². The molecule has 1 aromatic rings. The zero-order valence-electron chi connectivity index (χ0n) is 13.3. The van der Waals surface area contributed by atoms with Gasteiger partial charge in [0.2, 0.25) is 0 Å². The smallest absolute Gasteiger partial charge is 0.328 e. The van der Waals surface area contributed by atoms with E-state index in [2.05, 4.69) is 42.6 Å². The van der Waals surface area contributed by atoms with Gasteiger partial charge in [-0.3, -0.25) is 0 Å². The Morgan fingerprint density at radius 3 is 2.86 bits per heavy atom. The number of benzene rings is 1. The lowest BCUT2D eigenvalue weighted by atomic mass is 9.79. The lowest BCUT2D eigenvalue weighted by molar-refractivity contribution is -0.145. The van der Waals surface area contributed by atoms with Crippen LogP contribution < -0.4 is 5.32 Å². The van der Waals surface area contributed by atoms with Crippen molar-refractivity contribution in [3.8, 4) is 0 Å². The number of carbonyl (C=O) groups excluding carboxylic acids is 1. The first-order chi connectivity index (χ1) is 10.2. The van der Waals surface area contributed by atoms with Crippen LogP contribution in [0.25, 0.3) is 0 Å². The third kappa shape index (κ3) is 2.97. The van der Waals surface area contributed by atoms with Crippen molar-refractivity contribution in [2.24, 2.45) is 5.92 Å². The molecule has 0 spiro atoms. The van der Waals surface area contributed by atoms with Gasteiger partial charge in [0.25, 0.3) is 0 Å². The van der Waals surface area contributed by atoms with Crippen LogP contribution in [-0.2, 0) is 9.53 Å². The Morgan fingerprint density at radius 1 is 1.38 bits per heavy atom. The topological polar surface area (TPSA) is 38.3 Å². The summed E-state index contributed by atoms with van der Waals surface area (Å²) in [6.07, 6.45) is 5.35. The van der Waals surface area contributed by atoms with Crippen LogP contribution in [0.1, 0.15) is 44.2 Å². The summed E-state index contributed by atoms with van der Waals surface area (Å²) >= 11 is 0. The van der Waals surface area contributed by atoms with Crippen molar-refractivity contribution in [1.29, 1.82) is 0 Å². The second-order valence-electron chi connectivity index (χ2n) is 5.32. The average molecular weight is 287 g/mol. The highest BCUT2D eigenvalue weighted by Gasteiger charge is 2.41. The zero-order valence-corrected chi connectivity index (χ0v) is 13.3. The van der Waals surface area contributed by atoms with E-state index in [1.54, 1.807) is 0 Å². The molecule has 21 heavy (non-hydrogen) atoms. The maximum atomic E-state index is 12.1. The Bertz CT molecular complexity index is 536. The molecule has 114 valence electrons. The number of anilines is 1. The molecular weight excluding hydrogens is 262 g/mol. The molecule has 1 aromatic carbocycles. The van der Waals surface area contributed by atoms with Crippen molar-refractivity contribution in [2.75, 3.05) is 11.9 Å². The fraction of sp³-hybridized carbons (Fsp3) is 0.500. The minimum atomic E-state index is -0.227. The molecule has 0 aromatic heterocycles. The lowest BCUT2D eigenvalue weighted by Gasteiger charge is -2.35. The third-order valence-corrected chi connectivity index (χ3v) is 4.06. The van der Waals surface area contributed by atoms with Crippen LogP contribution in [0, 0.1) is 12.8 Å². The summed E-state index contributed by atoms with van der Waals surface area (Å²) < 4.78 is 5.20. The summed E-state index contributed by atoms with van der Waals surface area (Å²) in [6.45, 7) is 8.39. The molecule has 0 saturated heterocycles. The molecule has 0 radical (unpaired) electrons. The monoisotopic (exact) mass is 287 g/mol. The maximum absolute atomic E-state index is 12.1. The van der Waals surface area contributed by atoms with Crippen LogP contribution in [0.4, 0.5) is 5.69 Å². The number of ether oxygens (including phenoxy) is 1. The number of aryl methyl sites for hydroxylation is 1. The van der Waals surface area contributed by atoms with E-state index in [-0.39, 0.29) is 17.9 Å². The standard InChI is InChI=1S/C16H19NO2.C2H6/c1-3-19-16(18)15-12-6-4-5-11(12)13-9-10(2)7-8-14(13)17-15;1-2/h4-5,7-9,11-12,15,17H,3,6H2,1-2H3;1-2H3. The summed E-state index contributed by atoms with van der Waals surface area (Å²) in [5, 5.41) is 3.37. The molecule has 3 nitrogen and oxygen atoms in total. The van der Waals surface area contributed by atoms with Gasteiger partial charge in [0, 0.05) is 17.5 Å². The highest BCUT2D eigenvalue weighted by atomic mass is 16.5. The molecule has 0 saturated carbocycles. The van der Waals surface area contributed by atoms with E-state index in [1.807, 2.05) is 20.8 Å². The number of fused-ring (bicyclic) bond motifs is 3. The number of esters is 1. The number of nitrogens with one attached hydrogen (secondary N) is 1. The summed E-state index contributed by atoms with van der Waals surface area (Å²) in [5.41, 5.74) is 3.63. The highest BCUT2D eigenvalue weighted by molar-refractivity contribution is 5.82. The predicted molar refractivity (Wildman–Crippen MR) is 86.6 cm³/mol. The van der Waals surface area contributed by atoms with E-state index in [9.17, 15) is 4.79 Å². The maximum Gasteiger partial charge on any atom is 0.328 e. The Morgan fingerprint density at radius 2 is 2.14 bits per heavy atom. The van der Waals surface area contributed by atoms with Gasteiger partial charge in [-0.15, -0.1) is 0 Å². The number of hydrogen-bond acceptors (Lipinski definition) is 3. The second-order valence-corrected chi connectivity index (χ2v) is 5.32. The summed E-state index contributed by atoms with van der Waals surface area (Å²) in [5.74, 6) is 0.492. The van der Waals surface area contributed by atoms with Crippen molar-refractivity contribution in [3.63, 3.8) is 0 Å². The van der Waals surface area contributed by atoms with E-state index in [1.165, 1.54) is 11.1 Å². The molecule has 3 heteroatoms. The van der Waals surface area contributed by atoms with Crippen molar-refractivity contribution in [2.45, 2.75) is 46.1 Å². The first-order valence-corrected chi connectivity index (χ1v) is 7.91. The normalized spacial score (nSPS) is 25.0. The molecule has 2 aliphatic rings. The Balaban J connectivity index is 0.000000774. The van der Waals surface area contributed by atoms with Gasteiger partial charge >= 0.3 is 5.97 Å². The zero-order chi connectivity index (χ0) is 15.4. The molecule has 3 unspecified atom stereocenters. The lowest BCUT2D eigenvalue weighted by Crippen LogP contribution is -2.43. The Hall–Kier alpha value is -1.77. The van der Waals surface area contributed by atoms with Crippen molar-refractivity contribution >= 4 is 11.7 Å². The number of rotatable bonds is 2. The van der Waals surface area contributed by atoms with Crippen LogP contribution in [0.5, 0.6) is 0 Å². The van der Waals surface area contributed by atoms with E-state index in [0.29, 0.717) is 12.5 Å². The fourth-order valence-corrected chi connectivity index (χ4v) is 3.18. The van der Waals surface area contributed by atoms with Gasteiger partial charge in [-0.2, -0.15) is 0 Å². The number of carbonyl (C=O) groups is 1. The van der Waals surface area contributed by atoms with Gasteiger partial charge in [0.1, 0.15) is 6.04 Å². The molecule has 1 aliphatic heterocycles. The van der Waals surface area contributed by atoms with Crippen LogP contribution >= 0.6 is 0 Å². The number of allylic oxidation sites excluding steroid dienone is 2. The minimum Gasteiger partial charge on any atom is -0.464 e. The molecule has 1 N–H and O–H groups in total. The SMILES string of the molecule is CC.CCOC(=O)C1Nc2ccc(C)cc2C2C=CCC12. The largest absolute Gasteiger partial charge is 0.464 e. The molecule has 3 atom stereocenters. The van der Waals surface area contributed by atoms with E-state index in [0.717, 1.165) is 12.1 Å². The summed E-state index contributed by atoms with van der Waals surface area (Å²) in [7, 11) is 0. The summed E-state index contributed by atoms with van der Waals surface area (Å²) in [6, 6.07) is 6.14. The van der Waals surface area contributed by atoms with Crippen LogP contribution in [0.2, 0.25) is 0 Å².